The fraction of sp³-hybridized carbons (Fsp3) is 0.250. The molecule has 0 unspecified atom stereocenters. The molecule has 8 heteroatoms. The van der Waals surface area contributed by atoms with E-state index in [-0.39, 0.29) is 5.56 Å². The zero-order valence-electron chi connectivity index (χ0n) is 13.4. The highest BCUT2D eigenvalue weighted by atomic mass is 32.1. The first kappa shape index (κ1) is 16.1. The average molecular weight is 344 g/mol. The van der Waals surface area contributed by atoms with Crippen LogP contribution in [-0.2, 0) is 10.3 Å². The largest absolute Gasteiger partial charge is 0.360 e. The van der Waals surface area contributed by atoms with Gasteiger partial charge >= 0.3 is 0 Å². The van der Waals surface area contributed by atoms with Crippen molar-refractivity contribution in [2.75, 3.05) is 5.32 Å². The lowest BCUT2D eigenvalue weighted by molar-refractivity contribution is -0.123. The first-order valence-corrected chi connectivity index (χ1v) is 8.15. The smallest absolute Gasteiger partial charge is 0.267 e. The van der Waals surface area contributed by atoms with Gasteiger partial charge in [-0.3, -0.25) is 9.59 Å². The molecule has 0 atom stereocenters. The topological polar surface area (TPSA) is 90.0 Å². The first-order valence-electron chi connectivity index (χ1n) is 7.27. The summed E-state index contributed by atoms with van der Waals surface area (Å²) in [6, 6.07) is 8.48. The summed E-state index contributed by atoms with van der Waals surface area (Å²) in [5.74, 6) is 0.472. The van der Waals surface area contributed by atoms with Crippen LogP contribution in [-0.4, -0.2) is 20.8 Å². The van der Waals surface area contributed by atoms with E-state index in [0.29, 0.717) is 17.3 Å². The van der Waals surface area contributed by atoms with Gasteiger partial charge < -0.3 is 9.84 Å². The number of thiophene rings is 1. The maximum Gasteiger partial charge on any atom is 0.267 e. The number of rotatable bonds is 4. The third-order valence-corrected chi connectivity index (χ3v) is 4.42. The van der Waals surface area contributed by atoms with Crippen LogP contribution >= 0.6 is 11.3 Å². The molecule has 0 bridgehead atoms. The molecule has 0 spiro atoms. The SMILES string of the molecule is Cc1cc(NC(=O)C(C)(C)n2nc(-c3cccs3)ccc2=O)no1. The van der Waals surface area contributed by atoms with Crippen molar-refractivity contribution in [3.05, 3.63) is 51.8 Å². The Labute approximate surface area is 141 Å². The van der Waals surface area contributed by atoms with Gasteiger partial charge in [0.2, 0.25) is 0 Å². The van der Waals surface area contributed by atoms with Gasteiger partial charge in [0.15, 0.2) is 5.82 Å². The number of carbonyl (C=O) groups excluding carboxylic acids is 1. The van der Waals surface area contributed by atoms with Crippen molar-refractivity contribution in [3.63, 3.8) is 0 Å². The molecule has 1 amide bonds. The lowest BCUT2D eigenvalue weighted by Gasteiger charge is -2.24. The van der Waals surface area contributed by atoms with Crippen LogP contribution in [0.3, 0.4) is 0 Å². The lowest BCUT2D eigenvalue weighted by atomic mass is 10.0. The van der Waals surface area contributed by atoms with Gasteiger partial charge in [-0.1, -0.05) is 11.2 Å². The molecule has 3 aromatic heterocycles. The average Bonchev–Trinajstić information content (AvgIpc) is 3.19. The van der Waals surface area contributed by atoms with Crippen LogP contribution in [0.15, 0.2) is 45.0 Å². The summed E-state index contributed by atoms with van der Waals surface area (Å²) in [6.45, 7) is 4.98. The molecule has 3 aromatic rings. The van der Waals surface area contributed by atoms with E-state index in [2.05, 4.69) is 15.6 Å². The van der Waals surface area contributed by atoms with Gasteiger partial charge in [-0.25, -0.2) is 4.68 Å². The minimum atomic E-state index is -1.20. The van der Waals surface area contributed by atoms with E-state index < -0.39 is 11.4 Å². The van der Waals surface area contributed by atoms with Crippen molar-refractivity contribution in [2.45, 2.75) is 26.3 Å². The monoisotopic (exact) mass is 344 g/mol. The number of carbonyl (C=O) groups is 1. The number of nitrogens with zero attached hydrogens (tertiary/aromatic N) is 3. The van der Waals surface area contributed by atoms with E-state index in [1.807, 2.05) is 17.5 Å². The van der Waals surface area contributed by atoms with Crippen LogP contribution in [0.1, 0.15) is 19.6 Å². The van der Waals surface area contributed by atoms with E-state index in [4.69, 9.17) is 4.52 Å². The Morgan fingerprint density at radius 3 is 2.75 bits per heavy atom. The zero-order chi connectivity index (χ0) is 17.3. The van der Waals surface area contributed by atoms with Gasteiger partial charge in [-0.05, 0) is 38.3 Å². The Hall–Kier alpha value is -2.74. The van der Waals surface area contributed by atoms with Gasteiger partial charge in [-0.2, -0.15) is 5.10 Å². The fourth-order valence-electron chi connectivity index (χ4n) is 2.16. The lowest BCUT2D eigenvalue weighted by Crippen LogP contribution is -2.47. The molecule has 3 rings (SSSR count). The molecular weight excluding hydrogens is 328 g/mol. The molecule has 24 heavy (non-hydrogen) atoms. The summed E-state index contributed by atoms with van der Waals surface area (Å²) in [5, 5.41) is 12.7. The number of hydrogen-bond acceptors (Lipinski definition) is 6. The molecule has 3 heterocycles. The Morgan fingerprint density at radius 2 is 2.12 bits per heavy atom. The molecule has 0 saturated heterocycles. The van der Waals surface area contributed by atoms with Crippen LogP contribution in [0.2, 0.25) is 0 Å². The molecule has 1 N–H and O–H groups in total. The molecule has 0 fully saturated rings. The third kappa shape index (κ3) is 3.00. The molecule has 124 valence electrons. The van der Waals surface area contributed by atoms with Crippen molar-refractivity contribution in [2.24, 2.45) is 0 Å². The van der Waals surface area contributed by atoms with Crippen molar-refractivity contribution in [1.82, 2.24) is 14.9 Å². The molecule has 0 aliphatic heterocycles. The Kier molecular flexibility index (Phi) is 4.06. The molecule has 0 aromatic carbocycles. The second-order valence-electron chi connectivity index (χ2n) is 5.78. The fourth-order valence-corrected chi connectivity index (χ4v) is 2.85. The summed E-state index contributed by atoms with van der Waals surface area (Å²) in [7, 11) is 0. The highest BCUT2D eigenvalue weighted by molar-refractivity contribution is 7.13. The van der Waals surface area contributed by atoms with Crippen molar-refractivity contribution >= 4 is 23.1 Å². The number of hydrogen-bond donors (Lipinski definition) is 1. The van der Waals surface area contributed by atoms with Crippen LogP contribution in [0.25, 0.3) is 10.6 Å². The van der Waals surface area contributed by atoms with Crippen LogP contribution in [0.5, 0.6) is 0 Å². The summed E-state index contributed by atoms with van der Waals surface area (Å²) in [6.07, 6.45) is 0. The van der Waals surface area contributed by atoms with Crippen LogP contribution in [0.4, 0.5) is 5.82 Å². The standard InChI is InChI=1S/C16H16N4O3S/c1-10-9-13(19-23-10)17-15(22)16(2,3)20-14(21)7-6-11(18-20)12-5-4-8-24-12/h4-9H,1-3H3,(H,17,19,22). The van der Waals surface area contributed by atoms with E-state index in [1.165, 1.54) is 22.1 Å². The number of aryl methyl sites for hydroxylation is 1. The van der Waals surface area contributed by atoms with Crippen molar-refractivity contribution < 1.29 is 9.32 Å². The Balaban J connectivity index is 1.95. The summed E-state index contributed by atoms with van der Waals surface area (Å²) >= 11 is 1.51. The molecule has 7 nitrogen and oxygen atoms in total. The number of nitrogens with one attached hydrogen (secondary N) is 1. The quantitative estimate of drug-likeness (QED) is 0.786. The number of amides is 1. The normalized spacial score (nSPS) is 11.5. The molecule has 0 aliphatic carbocycles. The highest BCUT2D eigenvalue weighted by Gasteiger charge is 2.33. The number of aromatic nitrogens is 3. The minimum absolute atomic E-state index is 0.299. The predicted octanol–water partition coefficient (Wildman–Crippen LogP) is 2.64. The Morgan fingerprint density at radius 1 is 1.33 bits per heavy atom. The van der Waals surface area contributed by atoms with E-state index in [9.17, 15) is 9.59 Å². The summed E-state index contributed by atoms with van der Waals surface area (Å²) < 4.78 is 6.11. The van der Waals surface area contributed by atoms with Gasteiger partial charge in [0.25, 0.3) is 11.5 Å². The van der Waals surface area contributed by atoms with Gasteiger partial charge in [-0.15, -0.1) is 11.3 Å². The van der Waals surface area contributed by atoms with Crippen LogP contribution in [0, 0.1) is 6.92 Å². The molecule has 0 saturated carbocycles. The van der Waals surface area contributed by atoms with Crippen molar-refractivity contribution in [3.8, 4) is 10.6 Å². The van der Waals surface area contributed by atoms with Gasteiger partial charge in [0.05, 0.1) is 4.88 Å². The molecular formula is C16H16N4O3S. The third-order valence-electron chi connectivity index (χ3n) is 3.53. The predicted molar refractivity (Wildman–Crippen MR) is 91.0 cm³/mol. The summed E-state index contributed by atoms with van der Waals surface area (Å²) in [5.41, 5.74) is -0.911. The van der Waals surface area contributed by atoms with Crippen molar-refractivity contribution in [1.29, 1.82) is 0 Å². The zero-order valence-corrected chi connectivity index (χ0v) is 14.3. The second kappa shape index (κ2) is 6.04. The van der Waals surface area contributed by atoms with Crippen LogP contribution < -0.4 is 10.9 Å². The molecule has 0 radical (unpaired) electrons. The van der Waals surface area contributed by atoms with E-state index >= 15 is 0 Å². The first-order chi connectivity index (χ1) is 11.4. The highest BCUT2D eigenvalue weighted by Crippen LogP contribution is 2.23. The summed E-state index contributed by atoms with van der Waals surface area (Å²) in [4.78, 5) is 25.8. The number of anilines is 1. The van der Waals surface area contributed by atoms with E-state index in [0.717, 1.165) is 4.88 Å². The maximum atomic E-state index is 12.6. The minimum Gasteiger partial charge on any atom is -0.360 e. The molecule has 0 aliphatic rings. The Bertz CT molecular complexity index is 925. The second-order valence-corrected chi connectivity index (χ2v) is 6.73. The van der Waals surface area contributed by atoms with E-state index in [1.54, 1.807) is 32.9 Å². The van der Waals surface area contributed by atoms with Gasteiger partial charge in [0, 0.05) is 12.1 Å². The van der Waals surface area contributed by atoms with Gasteiger partial charge in [0.1, 0.15) is 17.0 Å². The maximum absolute atomic E-state index is 12.6.